The Balaban J connectivity index is 2.56. The van der Waals surface area contributed by atoms with Gasteiger partial charge in [-0.1, -0.05) is 31.2 Å². The fraction of sp³-hybridized carbons (Fsp3) is 0.400. The summed E-state index contributed by atoms with van der Waals surface area (Å²) >= 11 is 0. The lowest BCUT2D eigenvalue weighted by Crippen LogP contribution is -2.22. The van der Waals surface area contributed by atoms with Gasteiger partial charge >= 0.3 is 0 Å². The van der Waals surface area contributed by atoms with Crippen LogP contribution in [0.5, 0.6) is 0 Å². The Kier molecular flexibility index (Phi) is 3.16. The average molecular weight is 243 g/mol. The highest BCUT2D eigenvalue weighted by atomic mass is 15.2. The van der Waals surface area contributed by atoms with Crippen LogP contribution in [0.1, 0.15) is 33.3 Å². The number of aromatic nitrogens is 2. The molecule has 1 aromatic carbocycles. The molecular formula is C15H21N3. The monoisotopic (exact) mass is 243 g/mol. The Morgan fingerprint density at radius 2 is 1.89 bits per heavy atom. The summed E-state index contributed by atoms with van der Waals surface area (Å²) in [7, 11) is 0. The minimum atomic E-state index is -0.0451. The predicted molar refractivity (Wildman–Crippen MR) is 76.4 cm³/mol. The molecule has 1 aromatic heterocycles. The summed E-state index contributed by atoms with van der Waals surface area (Å²) in [5.74, 6) is 0.739. The van der Waals surface area contributed by atoms with Crippen molar-refractivity contribution < 1.29 is 0 Å². The van der Waals surface area contributed by atoms with Crippen LogP contribution in [0.25, 0.3) is 11.3 Å². The van der Waals surface area contributed by atoms with Crippen LogP contribution in [-0.2, 0) is 12.0 Å². The molecule has 0 fully saturated rings. The molecule has 0 bridgehead atoms. The molecule has 0 unspecified atom stereocenters. The van der Waals surface area contributed by atoms with Crippen molar-refractivity contribution in [1.29, 1.82) is 0 Å². The third kappa shape index (κ3) is 2.13. The highest BCUT2D eigenvalue weighted by Crippen LogP contribution is 2.30. The number of nitrogens with zero attached hydrogens (tertiary/aromatic N) is 2. The van der Waals surface area contributed by atoms with Gasteiger partial charge < -0.3 is 10.3 Å². The van der Waals surface area contributed by atoms with Gasteiger partial charge in [0.1, 0.15) is 11.5 Å². The predicted octanol–water partition coefficient (Wildman–Crippen LogP) is 3.45. The normalized spacial score (nSPS) is 11.8. The smallest absolute Gasteiger partial charge is 0.132 e. The lowest BCUT2D eigenvalue weighted by Gasteiger charge is -2.22. The molecule has 0 atom stereocenters. The van der Waals surface area contributed by atoms with Gasteiger partial charge in [-0.2, -0.15) is 0 Å². The zero-order valence-electron chi connectivity index (χ0n) is 11.6. The van der Waals surface area contributed by atoms with Gasteiger partial charge in [-0.3, -0.25) is 0 Å². The van der Waals surface area contributed by atoms with Crippen molar-refractivity contribution in [3.05, 3.63) is 36.2 Å². The average Bonchev–Trinajstić information content (AvgIpc) is 2.70. The quantitative estimate of drug-likeness (QED) is 0.878. The SMILES string of the molecule is CCc1ccccc1-c1ncn(C(C)(C)C)c1N. The molecule has 0 aliphatic carbocycles. The van der Waals surface area contributed by atoms with Gasteiger partial charge in [-0.15, -0.1) is 0 Å². The molecule has 1 heterocycles. The molecule has 18 heavy (non-hydrogen) atoms. The van der Waals surface area contributed by atoms with Crippen LogP contribution < -0.4 is 5.73 Å². The Morgan fingerprint density at radius 3 is 2.44 bits per heavy atom. The molecule has 0 saturated heterocycles. The second-order valence-corrected chi connectivity index (χ2v) is 5.53. The van der Waals surface area contributed by atoms with E-state index in [1.807, 2.05) is 17.0 Å². The second kappa shape index (κ2) is 4.48. The summed E-state index contributed by atoms with van der Waals surface area (Å²) in [5, 5.41) is 0. The molecule has 0 saturated carbocycles. The van der Waals surface area contributed by atoms with Gasteiger partial charge in [-0.05, 0) is 32.8 Å². The lowest BCUT2D eigenvalue weighted by atomic mass is 10.0. The molecule has 3 nitrogen and oxygen atoms in total. The summed E-state index contributed by atoms with van der Waals surface area (Å²) in [6, 6.07) is 8.30. The van der Waals surface area contributed by atoms with Gasteiger partial charge in [0.25, 0.3) is 0 Å². The van der Waals surface area contributed by atoms with E-state index in [0.717, 1.165) is 23.5 Å². The Morgan fingerprint density at radius 1 is 1.22 bits per heavy atom. The van der Waals surface area contributed by atoms with E-state index < -0.39 is 0 Å². The standard InChI is InChI=1S/C15H21N3/c1-5-11-8-6-7-9-12(11)13-14(16)18(10-17-13)15(2,3)4/h6-10H,5,16H2,1-4H3. The number of aryl methyl sites for hydroxylation is 1. The molecule has 3 heteroatoms. The highest BCUT2D eigenvalue weighted by molar-refractivity contribution is 5.73. The number of anilines is 1. The van der Waals surface area contributed by atoms with Crippen molar-refractivity contribution in [2.24, 2.45) is 0 Å². The number of rotatable bonds is 2. The van der Waals surface area contributed by atoms with Crippen LogP contribution in [-0.4, -0.2) is 9.55 Å². The molecular weight excluding hydrogens is 222 g/mol. The molecule has 0 aliphatic rings. The molecule has 2 rings (SSSR count). The summed E-state index contributed by atoms with van der Waals surface area (Å²) < 4.78 is 2.02. The minimum Gasteiger partial charge on any atom is -0.383 e. The largest absolute Gasteiger partial charge is 0.383 e. The maximum absolute atomic E-state index is 6.25. The summed E-state index contributed by atoms with van der Waals surface area (Å²) in [6.07, 6.45) is 2.81. The van der Waals surface area contributed by atoms with Crippen molar-refractivity contribution in [2.45, 2.75) is 39.7 Å². The van der Waals surface area contributed by atoms with Crippen molar-refractivity contribution in [1.82, 2.24) is 9.55 Å². The van der Waals surface area contributed by atoms with E-state index in [2.05, 4.69) is 50.9 Å². The number of nitrogens with two attached hydrogens (primary N) is 1. The van der Waals surface area contributed by atoms with Crippen LogP contribution in [0, 0.1) is 0 Å². The van der Waals surface area contributed by atoms with Crippen LogP contribution in [0.4, 0.5) is 5.82 Å². The fourth-order valence-corrected chi connectivity index (χ4v) is 2.16. The van der Waals surface area contributed by atoms with Gasteiger partial charge in [-0.25, -0.2) is 4.98 Å². The van der Waals surface area contributed by atoms with Gasteiger partial charge in [0, 0.05) is 11.1 Å². The van der Waals surface area contributed by atoms with Crippen molar-refractivity contribution in [3.8, 4) is 11.3 Å². The molecule has 96 valence electrons. The van der Waals surface area contributed by atoms with E-state index in [0.29, 0.717) is 0 Å². The Bertz CT molecular complexity index is 547. The van der Waals surface area contributed by atoms with Gasteiger partial charge in [0.2, 0.25) is 0 Å². The third-order valence-electron chi connectivity index (χ3n) is 3.18. The summed E-state index contributed by atoms with van der Waals surface area (Å²) in [4.78, 5) is 4.50. The number of hydrogen-bond acceptors (Lipinski definition) is 2. The number of nitrogen functional groups attached to an aromatic ring is 1. The first-order valence-electron chi connectivity index (χ1n) is 6.36. The molecule has 0 radical (unpaired) electrons. The van der Waals surface area contributed by atoms with Crippen molar-refractivity contribution >= 4 is 5.82 Å². The van der Waals surface area contributed by atoms with E-state index in [9.17, 15) is 0 Å². The third-order valence-corrected chi connectivity index (χ3v) is 3.18. The maximum Gasteiger partial charge on any atom is 0.132 e. The number of benzene rings is 1. The van der Waals surface area contributed by atoms with Crippen LogP contribution in [0.15, 0.2) is 30.6 Å². The zero-order chi connectivity index (χ0) is 13.3. The summed E-state index contributed by atoms with van der Waals surface area (Å²) in [6.45, 7) is 8.53. The first-order chi connectivity index (χ1) is 8.45. The van der Waals surface area contributed by atoms with E-state index >= 15 is 0 Å². The van der Waals surface area contributed by atoms with Crippen LogP contribution >= 0.6 is 0 Å². The Hall–Kier alpha value is -1.77. The van der Waals surface area contributed by atoms with Gasteiger partial charge in [0.05, 0.1) is 6.33 Å². The fourth-order valence-electron chi connectivity index (χ4n) is 2.16. The van der Waals surface area contributed by atoms with E-state index in [4.69, 9.17) is 5.73 Å². The molecule has 2 N–H and O–H groups in total. The topological polar surface area (TPSA) is 43.8 Å². The first-order valence-corrected chi connectivity index (χ1v) is 6.36. The van der Waals surface area contributed by atoms with E-state index in [-0.39, 0.29) is 5.54 Å². The maximum atomic E-state index is 6.25. The Labute approximate surface area is 109 Å². The molecule has 0 amide bonds. The molecule has 0 aliphatic heterocycles. The van der Waals surface area contributed by atoms with E-state index in [1.54, 1.807) is 0 Å². The van der Waals surface area contributed by atoms with Crippen LogP contribution in [0.2, 0.25) is 0 Å². The van der Waals surface area contributed by atoms with Crippen molar-refractivity contribution in [3.63, 3.8) is 0 Å². The zero-order valence-corrected chi connectivity index (χ0v) is 11.6. The second-order valence-electron chi connectivity index (χ2n) is 5.53. The minimum absolute atomic E-state index is 0.0451. The lowest BCUT2D eigenvalue weighted by molar-refractivity contribution is 0.402. The number of imidazole rings is 1. The number of hydrogen-bond donors (Lipinski definition) is 1. The summed E-state index contributed by atoms with van der Waals surface area (Å²) in [5.41, 5.74) is 9.51. The highest BCUT2D eigenvalue weighted by Gasteiger charge is 2.20. The molecule has 0 spiro atoms. The molecule has 2 aromatic rings. The van der Waals surface area contributed by atoms with Crippen LogP contribution in [0.3, 0.4) is 0 Å². The van der Waals surface area contributed by atoms with Crippen molar-refractivity contribution in [2.75, 3.05) is 5.73 Å². The van der Waals surface area contributed by atoms with Gasteiger partial charge in [0.15, 0.2) is 0 Å². The first kappa shape index (κ1) is 12.7. The van der Waals surface area contributed by atoms with E-state index in [1.165, 1.54) is 5.56 Å².